The van der Waals surface area contributed by atoms with Crippen molar-refractivity contribution in [2.75, 3.05) is 13.2 Å². The molecule has 5 atom stereocenters. The average molecular weight is 332 g/mol. The maximum atomic E-state index is 13.0. The number of rotatable bonds is 0. The highest BCUT2D eigenvalue weighted by Crippen LogP contribution is 2.64. The Morgan fingerprint density at radius 3 is 2.54 bits per heavy atom. The number of hydrogen-bond donors (Lipinski definition) is 0. The second-order valence-corrected chi connectivity index (χ2v) is 9.36. The lowest BCUT2D eigenvalue weighted by Crippen LogP contribution is -2.54. The van der Waals surface area contributed by atoms with Crippen LogP contribution in [-0.2, 0) is 14.3 Å². The molecule has 0 radical (unpaired) electrons. The number of fused-ring (bicyclic) bond motifs is 3. The molecule has 0 amide bonds. The van der Waals surface area contributed by atoms with Crippen LogP contribution in [0.15, 0.2) is 11.6 Å². The fraction of sp³-hybridized carbons (Fsp3) is 0.857. The summed E-state index contributed by atoms with van der Waals surface area (Å²) in [7, 11) is 0. The third-order valence-corrected chi connectivity index (χ3v) is 8.10. The predicted molar refractivity (Wildman–Crippen MR) is 93.5 cm³/mol. The van der Waals surface area contributed by atoms with E-state index in [1.54, 1.807) is 0 Å². The first-order valence-electron chi connectivity index (χ1n) is 9.80. The molecule has 2 saturated carbocycles. The van der Waals surface area contributed by atoms with Crippen molar-refractivity contribution in [2.45, 2.75) is 72.0 Å². The van der Waals surface area contributed by atoms with E-state index in [0.29, 0.717) is 23.5 Å². The Hall–Kier alpha value is -0.670. The largest absolute Gasteiger partial charge is 0.348 e. The van der Waals surface area contributed by atoms with Gasteiger partial charge in [-0.05, 0) is 61.3 Å². The molecule has 3 aliphatic carbocycles. The van der Waals surface area contributed by atoms with Crippen LogP contribution in [0.25, 0.3) is 0 Å². The second kappa shape index (κ2) is 5.41. The minimum Gasteiger partial charge on any atom is -0.348 e. The number of allylic oxidation sites excluding steroid dienone is 2. The van der Waals surface area contributed by atoms with Gasteiger partial charge in [0.2, 0.25) is 0 Å². The van der Waals surface area contributed by atoms with Gasteiger partial charge in [0.1, 0.15) is 0 Å². The molecule has 1 saturated heterocycles. The maximum Gasteiger partial charge on any atom is 0.168 e. The van der Waals surface area contributed by atoms with E-state index in [0.717, 1.165) is 50.9 Å². The minimum absolute atomic E-state index is 0.168. The summed E-state index contributed by atoms with van der Waals surface area (Å²) in [6.45, 7) is 10.6. The monoisotopic (exact) mass is 332 g/mol. The van der Waals surface area contributed by atoms with E-state index >= 15 is 0 Å². The Morgan fingerprint density at radius 2 is 1.83 bits per heavy atom. The number of carbonyl (C=O) groups excluding carboxylic acids is 1. The van der Waals surface area contributed by atoms with Crippen molar-refractivity contribution < 1.29 is 14.3 Å². The molecule has 3 nitrogen and oxygen atoms in total. The molecule has 4 rings (SSSR count). The van der Waals surface area contributed by atoms with Crippen LogP contribution in [0.4, 0.5) is 0 Å². The van der Waals surface area contributed by atoms with Crippen molar-refractivity contribution in [2.24, 2.45) is 28.6 Å². The molecule has 134 valence electrons. The summed E-state index contributed by atoms with van der Waals surface area (Å²) in [6.07, 6.45) is 8.58. The standard InChI is InChI=1S/C21H32O3/c1-14-5-6-17-19(3)9-10-21(23-11-12-24-21)13-15(2)16(19)7-8-20(17,4)18(14)22/h5,15-17H,6-13H2,1-4H3/t15-,16-,17+,19-,20+/m0/s1. The van der Waals surface area contributed by atoms with E-state index in [1.807, 2.05) is 6.92 Å². The zero-order chi connectivity index (χ0) is 17.2. The van der Waals surface area contributed by atoms with E-state index in [-0.39, 0.29) is 16.6 Å². The van der Waals surface area contributed by atoms with Gasteiger partial charge in [-0.25, -0.2) is 0 Å². The molecule has 0 aromatic heterocycles. The zero-order valence-corrected chi connectivity index (χ0v) is 15.7. The molecular weight excluding hydrogens is 300 g/mol. The lowest BCUT2D eigenvalue weighted by Gasteiger charge is -2.57. The summed E-state index contributed by atoms with van der Waals surface area (Å²) in [5, 5.41) is 0. The maximum absolute atomic E-state index is 13.0. The topological polar surface area (TPSA) is 35.5 Å². The van der Waals surface area contributed by atoms with Gasteiger partial charge >= 0.3 is 0 Å². The molecule has 3 heteroatoms. The molecule has 0 unspecified atom stereocenters. The molecule has 0 aromatic carbocycles. The summed E-state index contributed by atoms with van der Waals surface area (Å²) < 4.78 is 12.2. The van der Waals surface area contributed by atoms with E-state index in [9.17, 15) is 4.79 Å². The summed E-state index contributed by atoms with van der Waals surface area (Å²) in [4.78, 5) is 13.0. The first-order valence-corrected chi connectivity index (χ1v) is 9.80. The van der Waals surface area contributed by atoms with Crippen molar-refractivity contribution in [3.05, 3.63) is 11.6 Å². The average Bonchev–Trinajstić information content (AvgIpc) is 2.95. The quantitative estimate of drug-likeness (QED) is 0.655. The number of ketones is 1. The summed E-state index contributed by atoms with van der Waals surface area (Å²) in [5.41, 5.74) is 1.02. The molecule has 4 aliphatic rings. The van der Waals surface area contributed by atoms with Gasteiger partial charge in [-0.3, -0.25) is 4.79 Å². The molecular formula is C21H32O3. The normalized spacial score (nSPS) is 47.8. The molecule has 1 heterocycles. The zero-order valence-electron chi connectivity index (χ0n) is 15.7. The Morgan fingerprint density at radius 1 is 1.12 bits per heavy atom. The second-order valence-electron chi connectivity index (χ2n) is 9.36. The van der Waals surface area contributed by atoms with Crippen LogP contribution in [0.3, 0.4) is 0 Å². The van der Waals surface area contributed by atoms with Crippen molar-refractivity contribution in [3.63, 3.8) is 0 Å². The van der Waals surface area contributed by atoms with Crippen molar-refractivity contribution in [3.8, 4) is 0 Å². The summed E-state index contributed by atoms with van der Waals surface area (Å²) >= 11 is 0. The van der Waals surface area contributed by atoms with Crippen LogP contribution in [0.1, 0.15) is 66.2 Å². The Balaban J connectivity index is 1.71. The van der Waals surface area contributed by atoms with Crippen molar-refractivity contribution >= 4 is 5.78 Å². The Kier molecular flexibility index (Phi) is 3.78. The Bertz CT molecular complexity index is 574. The van der Waals surface area contributed by atoms with Crippen LogP contribution in [0.2, 0.25) is 0 Å². The SMILES string of the molecule is CC1=CC[C@@H]2[C@@]3(C)CCC4(C[C@H](C)[C@@H]3CC[C@@]2(C)C1=O)OCCO4. The molecule has 0 aromatic rings. The van der Waals surface area contributed by atoms with E-state index in [1.165, 1.54) is 6.42 Å². The first kappa shape index (κ1) is 16.8. The van der Waals surface area contributed by atoms with E-state index in [4.69, 9.17) is 9.47 Å². The summed E-state index contributed by atoms with van der Waals surface area (Å²) in [5.74, 6) is 1.77. The van der Waals surface area contributed by atoms with Gasteiger partial charge in [0, 0.05) is 18.3 Å². The van der Waals surface area contributed by atoms with Crippen molar-refractivity contribution in [1.82, 2.24) is 0 Å². The fourth-order valence-corrected chi connectivity index (χ4v) is 6.83. The number of ether oxygens (including phenoxy) is 2. The first-order chi connectivity index (χ1) is 11.3. The van der Waals surface area contributed by atoms with Gasteiger partial charge in [0.25, 0.3) is 0 Å². The Labute approximate surface area is 146 Å². The highest BCUT2D eigenvalue weighted by Gasteiger charge is 2.60. The van der Waals surface area contributed by atoms with E-state index < -0.39 is 0 Å². The third kappa shape index (κ3) is 2.20. The number of hydrogen-bond acceptors (Lipinski definition) is 3. The van der Waals surface area contributed by atoms with Gasteiger partial charge in [0.15, 0.2) is 11.6 Å². The number of carbonyl (C=O) groups is 1. The lowest BCUT2D eigenvalue weighted by atomic mass is 9.46. The molecule has 3 fully saturated rings. The van der Waals surface area contributed by atoms with Gasteiger partial charge in [-0.2, -0.15) is 0 Å². The van der Waals surface area contributed by atoms with Crippen LogP contribution >= 0.6 is 0 Å². The highest BCUT2D eigenvalue weighted by atomic mass is 16.7. The number of Topliss-reactive ketones (excluding diaryl/α,β-unsaturated/α-hetero) is 1. The minimum atomic E-state index is -0.347. The third-order valence-electron chi connectivity index (χ3n) is 8.10. The van der Waals surface area contributed by atoms with Gasteiger partial charge < -0.3 is 9.47 Å². The lowest BCUT2D eigenvalue weighted by molar-refractivity contribution is -0.172. The summed E-state index contributed by atoms with van der Waals surface area (Å²) in [6, 6.07) is 0. The van der Waals surface area contributed by atoms with Crippen molar-refractivity contribution in [1.29, 1.82) is 0 Å². The molecule has 1 spiro atoms. The van der Waals surface area contributed by atoms with Crippen LogP contribution in [0, 0.1) is 28.6 Å². The molecule has 24 heavy (non-hydrogen) atoms. The molecule has 0 bridgehead atoms. The smallest absolute Gasteiger partial charge is 0.168 e. The van der Waals surface area contributed by atoms with Crippen LogP contribution in [-0.4, -0.2) is 24.8 Å². The van der Waals surface area contributed by atoms with E-state index in [2.05, 4.69) is 26.8 Å². The predicted octanol–water partition coefficient (Wildman–Crippen LogP) is 4.51. The fourth-order valence-electron chi connectivity index (χ4n) is 6.83. The van der Waals surface area contributed by atoms with Gasteiger partial charge in [0.05, 0.1) is 13.2 Å². The van der Waals surface area contributed by atoms with Gasteiger partial charge in [-0.15, -0.1) is 0 Å². The van der Waals surface area contributed by atoms with Gasteiger partial charge in [-0.1, -0.05) is 26.8 Å². The molecule has 0 N–H and O–H groups in total. The van der Waals surface area contributed by atoms with Crippen LogP contribution in [0.5, 0.6) is 0 Å². The highest BCUT2D eigenvalue weighted by molar-refractivity contribution is 6.00. The molecule has 1 aliphatic heterocycles. The van der Waals surface area contributed by atoms with Crippen LogP contribution < -0.4 is 0 Å².